The standard InChI is InChI=1S/C15H27N3S/c1-4-9-16-11-14-13(3)17-15(19-14)18-10-7-5-6-8-12(18)2/h12,16H,4-11H2,1-3H3. The summed E-state index contributed by atoms with van der Waals surface area (Å²) in [5.41, 5.74) is 1.21. The Bertz CT molecular complexity index is 389. The van der Waals surface area contributed by atoms with Crippen molar-refractivity contribution in [1.29, 1.82) is 0 Å². The van der Waals surface area contributed by atoms with Crippen molar-refractivity contribution in [1.82, 2.24) is 10.3 Å². The first-order valence-corrected chi connectivity index (χ1v) is 8.47. The van der Waals surface area contributed by atoms with Gasteiger partial charge >= 0.3 is 0 Å². The molecule has 1 N–H and O–H groups in total. The van der Waals surface area contributed by atoms with Gasteiger partial charge in [0.1, 0.15) is 0 Å². The van der Waals surface area contributed by atoms with E-state index in [1.807, 2.05) is 11.3 Å². The summed E-state index contributed by atoms with van der Waals surface area (Å²) in [6, 6.07) is 0.643. The van der Waals surface area contributed by atoms with Crippen LogP contribution in [0, 0.1) is 6.92 Å². The van der Waals surface area contributed by atoms with Crippen LogP contribution in [-0.2, 0) is 6.54 Å². The van der Waals surface area contributed by atoms with Gasteiger partial charge in [0.05, 0.1) is 5.69 Å². The Kier molecular flexibility index (Phi) is 5.64. The highest BCUT2D eigenvalue weighted by Gasteiger charge is 2.21. The molecule has 3 nitrogen and oxygen atoms in total. The molecular formula is C15H27N3S. The quantitative estimate of drug-likeness (QED) is 0.834. The van der Waals surface area contributed by atoms with E-state index in [0.717, 1.165) is 13.1 Å². The highest BCUT2D eigenvalue weighted by molar-refractivity contribution is 7.15. The summed E-state index contributed by atoms with van der Waals surface area (Å²) in [5.74, 6) is 0. The second kappa shape index (κ2) is 7.25. The van der Waals surface area contributed by atoms with Gasteiger partial charge in [-0.2, -0.15) is 0 Å². The van der Waals surface area contributed by atoms with Crippen LogP contribution in [0.4, 0.5) is 5.13 Å². The van der Waals surface area contributed by atoms with Crippen LogP contribution in [0.15, 0.2) is 0 Å². The Morgan fingerprint density at radius 3 is 3.00 bits per heavy atom. The molecule has 1 aromatic heterocycles. The first-order chi connectivity index (χ1) is 9.22. The lowest BCUT2D eigenvalue weighted by molar-refractivity contribution is 0.615. The normalized spacial score (nSPS) is 20.6. The van der Waals surface area contributed by atoms with E-state index in [0.29, 0.717) is 6.04 Å². The minimum atomic E-state index is 0.643. The first kappa shape index (κ1) is 14.8. The van der Waals surface area contributed by atoms with Gasteiger partial charge in [-0.1, -0.05) is 19.8 Å². The smallest absolute Gasteiger partial charge is 0.186 e. The Morgan fingerprint density at radius 1 is 1.37 bits per heavy atom. The molecule has 2 heterocycles. The molecule has 1 fully saturated rings. The third kappa shape index (κ3) is 3.93. The van der Waals surface area contributed by atoms with Crippen molar-refractivity contribution >= 4 is 16.5 Å². The van der Waals surface area contributed by atoms with Crippen molar-refractivity contribution in [3.05, 3.63) is 10.6 Å². The summed E-state index contributed by atoms with van der Waals surface area (Å²) in [6.07, 6.45) is 6.55. The molecule has 1 unspecified atom stereocenters. The number of thiazole rings is 1. The van der Waals surface area contributed by atoms with E-state index in [2.05, 4.69) is 31.0 Å². The largest absolute Gasteiger partial charge is 0.345 e. The summed E-state index contributed by atoms with van der Waals surface area (Å²) in [7, 11) is 0. The van der Waals surface area contributed by atoms with Crippen molar-refractivity contribution in [3.8, 4) is 0 Å². The van der Waals surface area contributed by atoms with Crippen molar-refractivity contribution in [3.63, 3.8) is 0 Å². The maximum Gasteiger partial charge on any atom is 0.186 e. The topological polar surface area (TPSA) is 28.2 Å². The third-order valence-corrected chi connectivity index (χ3v) is 5.09. The monoisotopic (exact) mass is 281 g/mol. The van der Waals surface area contributed by atoms with Gasteiger partial charge in [0.2, 0.25) is 0 Å². The number of aromatic nitrogens is 1. The van der Waals surface area contributed by atoms with E-state index in [9.17, 15) is 0 Å². The molecule has 19 heavy (non-hydrogen) atoms. The van der Waals surface area contributed by atoms with Gasteiger partial charge in [-0.3, -0.25) is 0 Å². The van der Waals surface area contributed by atoms with Crippen LogP contribution < -0.4 is 10.2 Å². The summed E-state index contributed by atoms with van der Waals surface area (Å²) < 4.78 is 0. The van der Waals surface area contributed by atoms with Gasteiger partial charge in [0, 0.05) is 24.0 Å². The summed E-state index contributed by atoms with van der Waals surface area (Å²) >= 11 is 1.88. The molecule has 1 aliphatic rings. The molecule has 1 atom stereocenters. The van der Waals surface area contributed by atoms with Crippen LogP contribution in [0.1, 0.15) is 56.5 Å². The fourth-order valence-corrected chi connectivity index (χ4v) is 3.80. The fourth-order valence-electron chi connectivity index (χ4n) is 2.64. The van der Waals surface area contributed by atoms with E-state index >= 15 is 0 Å². The van der Waals surface area contributed by atoms with E-state index < -0.39 is 0 Å². The molecule has 0 spiro atoms. The van der Waals surface area contributed by atoms with Crippen molar-refractivity contribution in [2.45, 2.75) is 65.5 Å². The molecule has 1 saturated heterocycles. The Labute approximate surface area is 121 Å². The molecule has 0 aromatic carbocycles. The van der Waals surface area contributed by atoms with E-state index in [4.69, 9.17) is 4.98 Å². The van der Waals surface area contributed by atoms with Gasteiger partial charge in [-0.25, -0.2) is 4.98 Å². The Morgan fingerprint density at radius 2 is 2.21 bits per heavy atom. The molecule has 0 amide bonds. The predicted molar refractivity (Wildman–Crippen MR) is 84.1 cm³/mol. The first-order valence-electron chi connectivity index (χ1n) is 7.66. The minimum absolute atomic E-state index is 0.643. The van der Waals surface area contributed by atoms with Crippen molar-refractivity contribution in [2.75, 3.05) is 18.0 Å². The summed E-state index contributed by atoms with van der Waals surface area (Å²) in [6.45, 7) is 9.93. The number of aryl methyl sites for hydroxylation is 1. The molecule has 0 radical (unpaired) electrons. The average Bonchev–Trinajstić information content (AvgIpc) is 2.61. The number of anilines is 1. The van der Waals surface area contributed by atoms with Crippen LogP contribution in [0.3, 0.4) is 0 Å². The average molecular weight is 281 g/mol. The second-order valence-corrected chi connectivity index (χ2v) is 6.64. The van der Waals surface area contributed by atoms with Gasteiger partial charge in [-0.15, -0.1) is 11.3 Å². The molecule has 0 bridgehead atoms. The highest BCUT2D eigenvalue weighted by atomic mass is 32.1. The summed E-state index contributed by atoms with van der Waals surface area (Å²) in [4.78, 5) is 8.73. The maximum absolute atomic E-state index is 4.81. The summed E-state index contributed by atoms with van der Waals surface area (Å²) in [5, 5.41) is 4.72. The SMILES string of the molecule is CCCNCc1sc(N2CCCCCC2C)nc1C. The van der Waals surface area contributed by atoms with Gasteiger partial charge in [0.25, 0.3) is 0 Å². The zero-order valence-corrected chi connectivity index (χ0v) is 13.4. The van der Waals surface area contributed by atoms with Crippen LogP contribution in [-0.4, -0.2) is 24.1 Å². The second-order valence-electron chi connectivity index (χ2n) is 5.57. The van der Waals surface area contributed by atoms with Crippen LogP contribution >= 0.6 is 11.3 Å². The van der Waals surface area contributed by atoms with Crippen LogP contribution in [0.25, 0.3) is 0 Å². The molecule has 108 valence electrons. The zero-order chi connectivity index (χ0) is 13.7. The molecule has 0 saturated carbocycles. The van der Waals surface area contributed by atoms with Gasteiger partial charge in [-0.05, 0) is 39.7 Å². The molecule has 1 aliphatic heterocycles. The molecular weight excluding hydrogens is 254 g/mol. The lowest BCUT2D eigenvalue weighted by atomic mass is 10.1. The third-order valence-electron chi connectivity index (χ3n) is 3.89. The predicted octanol–water partition coefficient (Wildman–Crippen LogP) is 3.72. The Hall–Kier alpha value is -0.610. The van der Waals surface area contributed by atoms with E-state index in [1.54, 1.807) is 0 Å². The number of hydrogen-bond donors (Lipinski definition) is 1. The van der Waals surface area contributed by atoms with Gasteiger partial charge < -0.3 is 10.2 Å². The minimum Gasteiger partial charge on any atom is -0.345 e. The van der Waals surface area contributed by atoms with E-state index in [-0.39, 0.29) is 0 Å². The lowest BCUT2D eigenvalue weighted by Crippen LogP contribution is -2.32. The fraction of sp³-hybridized carbons (Fsp3) is 0.800. The van der Waals surface area contributed by atoms with Crippen molar-refractivity contribution in [2.24, 2.45) is 0 Å². The molecule has 2 rings (SSSR count). The maximum atomic E-state index is 4.81. The highest BCUT2D eigenvalue weighted by Crippen LogP contribution is 2.30. The number of rotatable bonds is 5. The zero-order valence-electron chi connectivity index (χ0n) is 12.5. The van der Waals surface area contributed by atoms with E-state index in [1.165, 1.54) is 54.4 Å². The number of nitrogens with one attached hydrogen (secondary N) is 1. The molecule has 4 heteroatoms. The molecule has 1 aromatic rings. The number of hydrogen-bond acceptors (Lipinski definition) is 4. The lowest BCUT2D eigenvalue weighted by Gasteiger charge is -2.26. The Balaban J connectivity index is 2.05. The van der Waals surface area contributed by atoms with Crippen molar-refractivity contribution < 1.29 is 0 Å². The number of nitrogens with zero attached hydrogens (tertiary/aromatic N) is 2. The molecule has 0 aliphatic carbocycles. The van der Waals surface area contributed by atoms with Crippen LogP contribution in [0.2, 0.25) is 0 Å². The van der Waals surface area contributed by atoms with Gasteiger partial charge in [0.15, 0.2) is 5.13 Å². The van der Waals surface area contributed by atoms with Crippen LogP contribution in [0.5, 0.6) is 0 Å².